The first-order valence-corrected chi connectivity index (χ1v) is 9.20. The Balaban J connectivity index is 1.74. The van der Waals surface area contributed by atoms with Crippen LogP contribution >= 0.6 is 0 Å². The van der Waals surface area contributed by atoms with E-state index in [1.165, 1.54) is 0 Å². The van der Waals surface area contributed by atoms with Gasteiger partial charge in [-0.15, -0.1) is 0 Å². The number of nitrogens with zero attached hydrogens (tertiary/aromatic N) is 2. The van der Waals surface area contributed by atoms with Crippen molar-refractivity contribution in [3.63, 3.8) is 0 Å². The van der Waals surface area contributed by atoms with E-state index in [2.05, 4.69) is 28.6 Å². The smallest absolute Gasteiger partial charge is 0.259 e. The van der Waals surface area contributed by atoms with Crippen LogP contribution in [0.3, 0.4) is 0 Å². The van der Waals surface area contributed by atoms with Gasteiger partial charge >= 0.3 is 0 Å². The molecule has 2 N–H and O–H groups in total. The van der Waals surface area contributed by atoms with E-state index in [1.54, 1.807) is 18.3 Å². The van der Waals surface area contributed by atoms with Gasteiger partial charge in [0.2, 0.25) is 0 Å². The Bertz CT molecular complexity index is 802. The van der Waals surface area contributed by atoms with Crippen LogP contribution in [0.4, 0.5) is 11.5 Å². The number of benzene rings is 1. The van der Waals surface area contributed by atoms with Crippen molar-refractivity contribution in [2.75, 3.05) is 17.2 Å². The first-order valence-electron chi connectivity index (χ1n) is 9.20. The zero-order valence-corrected chi connectivity index (χ0v) is 15.1. The lowest BCUT2D eigenvalue weighted by Gasteiger charge is -2.21. The van der Waals surface area contributed by atoms with Crippen LogP contribution in [-0.2, 0) is 5.41 Å². The van der Waals surface area contributed by atoms with Crippen molar-refractivity contribution < 1.29 is 4.79 Å². The molecule has 2 aromatic rings. The summed E-state index contributed by atoms with van der Waals surface area (Å²) in [4.78, 5) is 16.9. The summed E-state index contributed by atoms with van der Waals surface area (Å²) in [5, 5.41) is 15.7. The third-order valence-corrected chi connectivity index (χ3v) is 4.96. The van der Waals surface area contributed by atoms with Gasteiger partial charge in [-0.25, -0.2) is 4.98 Å². The Kier molecular flexibility index (Phi) is 5.52. The molecule has 0 saturated heterocycles. The van der Waals surface area contributed by atoms with Gasteiger partial charge in [-0.3, -0.25) is 4.79 Å². The maximum Gasteiger partial charge on any atom is 0.259 e. The molecule has 3 rings (SSSR count). The molecule has 0 aliphatic heterocycles. The molecule has 1 amide bonds. The Morgan fingerprint density at radius 2 is 1.96 bits per heavy atom. The first-order chi connectivity index (χ1) is 12.7. The van der Waals surface area contributed by atoms with Crippen LogP contribution in [0.1, 0.15) is 54.9 Å². The number of carbonyl (C=O) groups excluding carboxylic acids is 1. The Morgan fingerprint density at radius 3 is 2.62 bits per heavy atom. The van der Waals surface area contributed by atoms with Crippen LogP contribution in [0.25, 0.3) is 0 Å². The highest BCUT2D eigenvalue weighted by Crippen LogP contribution is 2.40. The van der Waals surface area contributed by atoms with E-state index in [0.29, 0.717) is 11.4 Å². The molecule has 1 aliphatic carbocycles. The molecule has 0 atom stereocenters. The van der Waals surface area contributed by atoms with Crippen molar-refractivity contribution in [1.29, 1.82) is 5.26 Å². The number of carbonyl (C=O) groups is 1. The minimum absolute atomic E-state index is 0.194. The second-order valence-electron chi connectivity index (χ2n) is 6.76. The minimum atomic E-state index is -0.358. The van der Waals surface area contributed by atoms with E-state index in [-0.39, 0.29) is 11.3 Å². The fourth-order valence-electron chi connectivity index (χ4n) is 3.49. The Labute approximate surface area is 154 Å². The lowest BCUT2D eigenvalue weighted by atomic mass is 9.80. The second kappa shape index (κ2) is 8.01. The quantitative estimate of drug-likeness (QED) is 0.806. The molecule has 5 nitrogen and oxygen atoms in total. The van der Waals surface area contributed by atoms with E-state index in [9.17, 15) is 10.1 Å². The summed E-state index contributed by atoms with van der Waals surface area (Å²) in [5.74, 6) is 0.401. The fourth-order valence-corrected chi connectivity index (χ4v) is 3.49. The number of aromatic nitrogens is 1. The van der Waals surface area contributed by atoms with Crippen molar-refractivity contribution >= 4 is 17.4 Å². The summed E-state index contributed by atoms with van der Waals surface area (Å²) in [7, 11) is 0. The molecule has 0 radical (unpaired) electrons. The van der Waals surface area contributed by atoms with Crippen molar-refractivity contribution in [2.45, 2.75) is 44.4 Å². The summed E-state index contributed by atoms with van der Waals surface area (Å²) < 4.78 is 0. The highest BCUT2D eigenvalue weighted by Gasteiger charge is 2.35. The number of hydrogen-bond donors (Lipinski definition) is 2. The van der Waals surface area contributed by atoms with E-state index < -0.39 is 0 Å². The van der Waals surface area contributed by atoms with Crippen molar-refractivity contribution in [3.8, 4) is 6.07 Å². The number of rotatable bonds is 6. The maximum absolute atomic E-state index is 12.6. The van der Waals surface area contributed by atoms with E-state index in [1.807, 2.05) is 24.3 Å². The largest absolute Gasteiger partial charge is 0.369 e. The number of amides is 1. The van der Waals surface area contributed by atoms with Gasteiger partial charge in [-0.1, -0.05) is 31.9 Å². The topological polar surface area (TPSA) is 77.8 Å². The summed E-state index contributed by atoms with van der Waals surface area (Å²) in [6.07, 6.45) is 6.65. The summed E-state index contributed by atoms with van der Waals surface area (Å²) in [6, 6.07) is 13.7. The first kappa shape index (κ1) is 17.9. The number of nitriles is 1. The lowest BCUT2D eigenvalue weighted by Crippen LogP contribution is -2.19. The monoisotopic (exact) mass is 348 g/mol. The van der Waals surface area contributed by atoms with Crippen LogP contribution in [0, 0.1) is 11.3 Å². The fraction of sp³-hybridized carbons (Fsp3) is 0.381. The van der Waals surface area contributed by atoms with Gasteiger partial charge < -0.3 is 10.6 Å². The summed E-state index contributed by atoms with van der Waals surface area (Å²) in [5.41, 5.74) is 1.93. The summed E-state index contributed by atoms with van der Waals surface area (Å²) >= 11 is 0. The molecule has 1 aromatic heterocycles. The van der Waals surface area contributed by atoms with E-state index in [0.717, 1.165) is 49.9 Å². The molecule has 1 saturated carbocycles. The zero-order valence-electron chi connectivity index (χ0n) is 15.1. The molecule has 0 unspecified atom stereocenters. The van der Waals surface area contributed by atoms with E-state index >= 15 is 0 Å². The molecule has 1 aliphatic rings. The van der Waals surface area contributed by atoms with Crippen LogP contribution < -0.4 is 10.6 Å². The number of hydrogen-bond acceptors (Lipinski definition) is 4. The third kappa shape index (κ3) is 3.70. The van der Waals surface area contributed by atoms with Crippen LogP contribution in [-0.4, -0.2) is 17.4 Å². The second-order valence-corrected chi connectivity index (χ2v) is 6.76. The van der Waals surface area contributed by atoms with E-state index in [4.69, 9.17) is 0 Å². The molecule has 0 spiro atoms. The normalized spacial score (nSPS) is 15.2. The SMILES string of the molecule is CCCNc1ncccc1C(=O)Nc1ccc(C2(C#N)CCCC2)cc1. The van der Waals surface area contributed by atoms with Gasteiger partial charge in [-0.05, 0) is 49.1 Å². The molecule has 5 heteroatoms. The molecule has 0 bridgehead atoms. The van der Waals surface area contributed by atoms with Crippen molar-refractivity contribution in [1.82, 2.24) is 4.98 Å². The van der Waals surface area contributed by atoms with Gasteiger partial charge in [-0.2, -0.15) is 5.26 Å². The molecule has 1 fully saturated rings. The molecule has 1 heterocycles. The molecule has 134 valence electrons. The highest BCUT2D eigenvalue weighted by molar-refractivity contribution is 6.07. The zero-order chi connectivity index (χ0) is 18.4. The van der Waals surface area contributed by atoms with Crippen molar-refractivity contribution in [3.05, 3.63) is 53.7 Å². The van der Waals surface area contributed by atoms with Gasteiger partial charge in [0.15, 0.2) is 0 Å². The molecular weight excluding hydrogens is 324 g/mol. The molecular formula is C21H24N4O. The maximum atomic E-state index is 12.6. The average molecular weight is 348 g/mol. The Morgan fingerprint density at radius 1 is 1.23 bits per heavy atom. The number of pyridine rings is 1. The van der Waals surface area contributed by atoms with Gasteiger partial charge in [0.05, 0.1) is 17.0 Å². The average Bonchev–Trinajstić information content (AvgIpc) is 3.17. The van der Waals surface area contributed by atoms with Gasteiger partial charge in [0.25, 0.3) is 5.91 Å². The van der Waals surface area contributed by atoms with Crippen molar-refractivity contribution in [2.24, 2.45) is 0 Å². The highest BCUT2D eigenvalue weighted by atomic mass is 16.1. The molecule has 26 heavy (non-hydrogen) atoms. The van der Waals surface area contributed by atoms with Gasteiger partial charge in [0, 0.05) is 18.4 Å². The minimum Gasteiger partial charge on any atom is -0.369 e. The van der Waals surface area contributed by atoms with Crippen LogP contribution in [0.5, 0.6) is 0 Å². The van der Waals surface area contributed by atoms with Crippen LogP contribution in [0.2, 0.25) is 0 Å². The Hall–Kier alpha value is -2.87. The predicted octanol–water partition coefficient (Wildman–Crippen LogP) is 4.49. The number of nitrogens with one attached hydrogen (secondary N) is 2. The van der Waals surface area contributed by atoms with Crippen LogP contribution in [0.15, 0.2) is 42.6 Å². The summed E-state index contributed by atoms with van der Waals surface area (Å²) in [6.45, 7) is 2.83. The standard InChI is InChI=1S/C21H24N4O/c1-2-13-23-19-18(6-5-14-24-19)20(26)25-17-9-7-16(8-10-17)21(15-22)11-3-4-12-21/h5-10,14H,2-4,11-13H2,1H3,(H,23,24)(H,25,26). The molecule has 1 aromatic carbocycles. The predicted molar refractivity (Wildman–Crippen MR) is 103 cm³/mol. The van der Waals surface area contributed by atoms with Gasteiger partial charge in [0.1, 0.15) is 5.82 Å². The third-order valence-electron chi connectivity index (χ3n) is 4.96. The number of anilines is 2. The lowest BCUT2D eigenvalue weighted by molar-refractivity contribution is 0.102.